The Morgan fingerprint density at radius 3 is 2.50 bits per heavy atom. The minimum Gasteiger partial charge on any atom is -0.480 e. The first-order valence-corrected chi connectivity index (χ1v) is 4.51. The van der Waals surface area contributed by atoms with Crippen molar-refractivity contribution < 1.29 is 15.0 Å². The quantitative estimate of drug-likeness (QED) is 0.541. The molecule has 0 amide bonds. The van der Waals surface area contributed by atoms with Crippen LogP contribution in [0.4, 0.5) is 0 Å². The highest BCUT2D eigenvalue weighted by molar-refractivity contribution is 7.99. The number of hydrogen-bond acceptors (Lipinski definition) is 4. The number of carboxylic acid groups (broad SMARTS) is 1. The smallest absolute Gasteiger partial charge is 0.320 e. The van der Waals surface area contributed by atoms with Gasteiger partial charge in [0.05, 0.1) is 6.61 Å². The molecule has 4 N–H and O–H groups in total. The molecule has 0 aromatic heterocycles. The molecule has 0 spiro atoms. The molecule has 0 aliphatic heterocycles. The van der Waals surface area contributed by atoms with Crippen molar-refractivity contribution in [3.8, 4) is 0 Å². The SMILES string of the molecule is Cl.N[C@@H](CCSCCO)C(=O)O. The predicted molar refractivity (Wildman–Crippen MR) is 51.9 cm³/mol. The summed E-state index contributed by atoms with van der Waals surface area (Å²) in [5.41, 5.74) is 5.22. The topological polar surface area (TPSA) is 83.5 Å². The van der Waals surface area contributed by atoms with Gasteiger partial charge in [-0.25, -0.2) is 0 Å². The Kier molecular flexibility index (Phi) is 11.1. The van der Waals surface area contributed by atoms with Gasteiger partial charge in [0.25, 0.3) is 0 Å². The summed E-state index contributed by atoms with van der Waals surface area (Å²) in [5.74, 6) is 0.370. The van der Waals surface area contributed by atoms with E-state index in [2.05, 4.69) is 0 Å². The Morgan fingerprint density at radius 2 is 2.08 bits per heavy atom. The van der Waals surface area contributed by atoms with Crippen molar-refractivity contribution in [2.45, 2.75) is 12.5 Å². The number of nitrogens with two attached hydrogens (primary N) is 1. The number of carbonyl (C=O) groups is 1. The molecule has 0 fully saturated rings. The van der Waals surface area contributed by atoms with Gasteiger partial charge in [0, 0.05) is 5.75 Å². The van der Waals surface area contributed by atoms with Crippen molar-refractivity contribution in [1.82, 2.24) is 0 Å². The van der Waals surface area contributed by atoms with Crippen LogP contribution in [0, 0.1) is 0 Å². The molecule has 1 atom stereocenters. The molecule has 0 aromatic rings. The maximum Gasteiger partial charge on any atom is 0.320 e. The average Bonchev–Trinajstić information content (AvgIpc) is 1.97. The molecule has 0 radical (unpaired) electrons. The van der Waals surface area contributed by atoms with Crippen molar-refractivity contribution in [3.05, 3.63) is 0 Å². The van der Waals surface area contributed by atoms with Crippen LogP contribution in [0.1, 0.15) is 6.42 Å². The number of halogens is 1. The molecule has 74 valence electrons. The van der Waals surface area contributed by atoms with Crippen LogP contribution >= 0.6 is 24.2 Å². The maximum atomic E-state index is 10.2. The number of rotatable bonds is 6. The van der Waals surface area contributed by atoms with Crippen LogP contribution < -0.4 is 5.73 Å². The van der Waals surface area contributed by atoms with Gasteiger partial charge >= 0.3 is 5.97 Å². The van der Waals surface area contributed by atoms with E-state index < -0.39 is 12.0 Å². The van der Waals surface area contributed by atoms with Crippen molar-refractivity contribution in [2.75, 3.05) is 18.1 Å². The van der Waals surface area contributed by atoms with Crippen LogP contribution in [-0.2, 0) is 4.79 Å². The first-order chi connectivity index (χ1) is 5.18. The summed E-state index contributed by atoms with van der Waals surface area (Å²) in [6.45, 7) is 0.132. The molecule has 0 aromatic carbocycles. The van der Waals surface area contributed by atoms with Crippen molar-refractivity contribution in [2.24, 2.45) is 5.73 Å². The number of aliphatic hydroxyl groups is 1. The molecule has 0 aliphatic rings. The third kappa shape index (κ3) is 8.13. The minimum atomic E-state index is -0.963. The van der Waals surface area contributed by atoms with Crippen molar-refractivity contribution in [1.29, 1.82) is 0 Å². The van der Waals surface area contributed by atoms with Gasteiger partial charge in [-0.05, 0) is 12.2 Å². The van der Waals surface area contributed by atoms with E-state index in [1.54, 1.807) is 0 Å². The Hall–Kier alpha value is 0.0300. The second-order valence-corrected chi connectivity index (χ2v) is 3.29. The number of hydrogen-bond donors (Lipinski definition) is 3. The third-order valence-electron chi connectivity index (χ3n) is 1.13. The minimum absolute atomic E-state index is 0. The molecule has 0 saturated carbocycles. The van der Waals surface area contributed by atoms with E-state index in [1.165, 1.54) is 11.8 Å². The molecule has 6 heteroatoms. The van der Waals surface area contributed by atoms with Gasteiger partial charge in [-0.3, -0.25) is 4.79 Å². The normalized spacial score (nSPS) is 11.8. The molecule has 0 bridgehead atoms. The van der Waals surface area contributed by atoms with E-state index in [-0.39, 0.29) is 19.0 Å². The first kappa shape index (κ1) is 14.5. The first-order valence-electron chi connectivity index (χ1n) is 3.35. The van der Waals surface area contributed by atoms with E-state index in [0.717, 1.165) is 0 Å². The van der Waals surface area contributed by atoms with Gasteiger partial charge < -0.3 is 15.9 Å². The Labute approximate surface area is 81.9 Å². The third-order valence-corrected chi connectivity index (χ3v) is 2.12. The summed E-state index contributed by atoms with van der Waals surface area (Å²) in [7, 11) is 0. The van der Waals surface area contributed by atoms with Gasteiger partial charge in [-0.15, -0.1) is 12.4 Å². The highest BCUT2D eigenvalue weighted by Crippen LogP contribution is 2.02. The Bertz CT molecular complexity index is 125. The zero-order valence-electron chi connectivity index (χ0n) is 6.60. The van der Waals surface area contributed by atoms with Gasteiger partial charge in [0.1, 0.15) is 6.04 Å². The van der Waals surface area contributed by atoms with E-state index in [9.17, 15) is 4.79 Å². The molecular formula is C6H14ClNO3S. The number of aliphatic carboxylic acids is 1. The molecule has 0 saturated heterocycles. The fraction of sp³-hybridized carbons (Fsp3) is 0.833. The van der Waals surface area contributed by atoms with Crippen LogP contribution in [-0.4, -0.2) is 40.3 Å². The van der Waals surface area contributed by atoms with Crippen LogP contribution in [0.15, 0.2) is 0 Å². The summed E-state index contributed by atoms with van der Waals surface area (Å²) in [6.07, 6.45) is 0.458. The standard InChI is InChI=1S/C6H13NO3S.ClH/c7-5(6(9)10)1-3-11-4-2-8;/h5,8H,1-4,7H2,(H,9,10);1H/t5-;/m0./s1. The number of thioether (sulfide) groups is 1. The highest BCUT2D eigenvalue weighted by Gasteiger charge is 2.09. The van der Waals surface area contributed by atoms with E-state index in [4.69, 9.17) is 15.9 Å². The summed E-state index contributed by atoms with van der Waals surface area (Å²) in [5, 5.41) is 16.7. The lowest BCUT2D eigenvalue weighted by Gasteiger charge is -2.04. The van der Waals surface area contributed by atoms with Crippen LogP contribution in [0.5, 0.6) is 0 Å². The van der Waals surface area contributed by atoms with Crippen molar-refractivity contribution in [3.63, 3.8) is 0 Å². The van der Waals surface area contributed by atoms with Crippen LogP contribution in [0.2, 0.25) is 0 Å². The summed E-state index contributed by atoms with van der Waals surface area (Å²) in [4.78, 5) is 10.2. The van der Waals surface area contributed by atoms with E-state index >= 15 is 0 Å². The molecular weight excluding hydrogens is 202 g/mol. The molecule has 0 rings (SSSR count). The van der Waals surface area contributed by atoms with Gasteiger partial charge in [-0.2, -0.15) is 11.8 Å². The zero-order chi connectivity index (χ0) is 8.69. The van der Waals surface area contributed by atoms with Gasteiger partial charge in [-0.1, -0.05) is 0 Å². The zero-order valence-corrected chi connectivity index (χ0v) is 8.24. The van der Waals surface area contributed by atoms with Crippen LogP contribution in [0.25, 0.3) is 0 Å². The average molecular weight is 216 g/mol. The second kappa shape index (κ2) is 9.12. The Balaban J connectivity index is 0. The van der Waals surface area contributed by atoms with Gasteiger partial charge in [0.15, 0.2) is 0 Å². The molecule has 4 nitrogen and oxygen atoms in total. The second-order valence-electron chi connectivity index (χ2n) is 2.07. The lowest BCUT2D eigenvalue weighted by molar-refractivity contribution is -0.138. The van der Waals surface area contributed by atoms with E-state index in [0.29, 0.717) is 17.9 Å². The lowest BCUT2D eigenvalue weighted by atomic mass is 10.2. The maximum absolute atomic E-state index is 10.2. The molecule has 0 unspecified atom stereocenters. The molecule has 0 heterocycles. The Morgan fingerprint density at radius 1 is 1.50 bits per heavy atom. The predicted octanol–water partition coefficient (Wildman–Crippen LogP) is -0.0643. The highest BCUT2D eigenvalue weighted by atomic mass is 35.5. The van der Waals surface area contributed by atoms with Gasteiger partial charge in [0.2, 0.25) is 0 Å². The number of carboxylic acids is 1. The molecule has 12 heavy (non-hydrogen) atoms. The summed E-state index contributed by atoms with van der Waals surface area (Å²) >= 11 is 1.51. The summed E-state index contributed by atoms with van der Waals surface area (Å²) < 4.78 is 0. The largest absolute Gasteiger partial charge is 0.480 e. The fourth-order valence-corrected chi connectivity index (χ4v) is 1.25. The van der Waals surface area contributed by atoms with Crippen molar-refractivity contribution >= 4 is 30.1 Å². The fourth-order valence-electron chi connectivity index (χ4n) is 0.500. The number of aliphatic hydroxyl groups excluding tert-OH is 1. The summed E-state index contributed by atoms with van der Waals surface area (Å²) in [6, 6.07) is -0.763. The van der Waals surface area contributed by atoms with E-state index in [1.807, 2.05) is 0 Å². The lowest BCUT2D eigenvalue weighted by Crippen LogP contribution is -2.30. The van der Waals surface area contributed by atoms with Crippen LogP contribution in [0.3, 0.4) is 0 Å². The monoisotopic (exact) mass is 215 g/mol. The molecule has 0 aliphatic carbocycles.